The molecule has 0 unspecified atom stereocenters. The maximum absolute atomic E-state index is 4.97. The maximum Gasteiger partial charge on any atom is 0.181 e. The van der Waals surface area contributed by atoms with Crippen molar-refractivity contribution in [1.29, 1.82) is 0 Å². The van der Waals surface area contributed by atoms with E-state index in [9.17, 15) is 0 Å². The summed E-state index contributed by atoms with van der Waals surface area (Å²) in [5.74, 6) is 0.812. The molecule has 1 rings (SSSR count). The Kier molecular flexibility index (Phi) is 1.98. The molecule has 0 saturated carbocycles. The molecule has 0 atom stereocenters. The SMILES string of the molecule is C=C(OC)N1CCCC1. The molecule has 0 radical (unpaired) electrons. The lowest BCUT2D eigenvalue weighted by Gasteiger charge is -2.17. The van der Waals surface area contributed by atoms with Crippen molar-refractivity contribution < 1.29 is 4.74 Å². The summed E-state index contributed by atoms with van der Waals surface area (Å²) >= 11 is 0. The third-order valence-electron chi connectivity index (χ3n) is 1.69. The molecule has 1 saturated heterocycles. The van der Waals surface area contributed by atoms with Crippen LogP contribution in [0.5, 0.6) is 0 Å². The maximum atomic E-state index is 4.97. The van der Waals surface area contributed by atoms with E-state index >= 15 is 0 Å². The third kappa shape index (κ3) is 1.37. The van der Waals surface area contributed by atoms with Crippen molar-refractivity contribution in [3.63, 3.8) is 0 Å². The molecule has 52 valence electrons. The Hall–Kier alpha value is -0.660. The summed E-state index contributed by atoms with van der Waals surface area (Å²) in [5.41, 5.74) is 0. The Morgan fingerprint density at radius 3 is 2.44 bits per heavy atom. The van der Waals surface area contributed by atoms with E-state index in [1.807, 2.05) is 0 Å². The lowest BCUT2D eigenvalue weighted by Crippen LogP contribution is -2.18. The first-order valence-corrected chi connectivity index (χ1v) is 3.32. The molecule has 0 aromatic heterocycles. The Balaban J connectivity index is 2.32. The van der Waals surface area contributed by atoms with Crippen LogP contribution in [0.3, 0.4) is 0 Å². The van der Waals surface area contributed by atoms with E-state index in [1.54, 1.807) is 7.11 Å². The van der Waals surface area contributed by atoms with Gasteiger partial charge in [-0.05, 0) is 19.4 Å². The standard InChI is InChI=1S/C7H13NO/c1-7(9-2)8-5-3-4-6-8/h1,3-6H2,2H3. The fourth-order valence-corrected chi connectivity index (χ4v) is 1.10. The molecule has 0 aromatic carbocycles. The molecule has 1 fully saturated rings. The van der Waals surface area contributed by atoms with Gasteiger partial charge in [-0.15, -0.1) is 0 Å². The first kappa shape index (κ1) is 6.46. The molecule has 1 heterocycles. The molecule has 2 nitrogen and oxygen atoms in total. The van der Waals surface area contributed by atoms with Crippen molar-refractivity contribution in [2.24, 2.45) is 0 Å². The summed E-state index contributed by atoms with van der Waals surface area (Å²) in [5, 5.41) is 0. The highest BCUT2D eigenvalue weighted by Gasteiger charge is 2.12. The average molecular weight is 127 g/mol. The summed E-state index contributed by atoms with van der Waals surface area (Å²) in [6.45, 7) is 5.99. The predicted octanol–water partition coefficient (Wildman–Crippen LogP) is 1.20. The summed E-state index contributed by atoms with van der Waals surface area (Å²) in [6, 6.07) is 0. The Morgan fingerprint density at radius 1 is 1.44 bits per heavy atom. The fraction of sp³-hybridized carbons (Fsp3) is 0.714. The second-order valence-corrected chi connectivity index (χ2v) is 2.29. The van der Waals surface area contributed by atoms with E-state index in [0.29, 0.717) is 0 Å². The quantitative estimate of drug-likeness (QED) is 0.517. The van der Waals surface area contributed by atoms with Gasteiger partial charge in [-0.3, -0.25) is 0 Å². The number of hydrogen-bond donors (Lipinski definition) is 0. The second-order valence-electron chi connectivity index (χ2n) is 2.29. The molecule has 0 bridgehead atoms. The minimum Gasteiger partial charge on any atom is -0.483 e. The molecule has 1 aliphatic rings. The van der Waals surface area contributed by atoms with Crippen molar-refractivity contribution in [1.82, 2.24) is 4.90 Å². The van der Waals surface area contributed by atoms with Gasteiger partial charge in [0.05, 0.1) is 7.11 Å². The van der Waals surface area contributed by atoms with Gasteiger partial charge in [0.2, 0.25) is 0 Å². The van der Waals surface area contributed by atoms with Crippen molar-refractivity contribution in [3.8, 4) is 0 Å². The molecule has 9 heavy (non-hydrogen) atoms. The molecule has 0 amide bonds. The smallest absolute Gasteiger partial charge is 0.181 e. The Labute approximate surface area is 56.1 Å². The summed E-state index contributed by atoms with van der Waals surface area (Å²) in [7, 11) is 1.67. The zero-order valence-electron chi connectivity index (χ0n) is 5.89. The lowest BCUT2D eigenvalue weighted by atomic mass is 10.4. The molecule has 0 spiro atoms. The van der Waals surface area contributed by atoms with Crippen molar-refractivity contribution in [2.45, 2.75) is 12.8 Å². The fourth-order valence-electron chi connectivity index (χ4n) is 1.10. The van der Waals surface area contributed by atoms with E-state index in [2.05, 4.69) is 11.5 Å². The summed E-state index contributed by atoms with van der Waals surface area (Å²) in [6.07, 6.45) is 2.56. The number of likely N-dealkylation sites (tertiary alicyclic amines) is 1. The number of ether oxygens (including phenoxy) is 1. The van der Waals surface area contributed by atoms with Crippen LogP contribution in [0.25, 0.3) is 0 Å². The van der Waals surface area contributed by atoms with Gasteiger partial charge in [-0.2, -0.15) is 0 Å². The van der Waals surface area contributed by atoms with Gasteiger partial charge < -0.3 is 9.64 Å². The van der Waals surface area contributed by atoms with E-state index in [4.69, 9.17) is 4.74 Å². The van der Waals surface area contributed by atoms with Gasteiger partial charge in [0.15, 0.2) is 5.88 Å². The molecule has 1 aliphatic heterocycles. The largest absolute Gasteiger partial charge is 0.483 e. The molecule has 0 aliphatic carbocycles. The van der Waals surface area contributed by atoms with Gasteiger partial charge in [0.1, 0.15) is 0 Å². The highest BCUT2D eigenvalue weighted by atomic mass is 16.5. The molecular formula is C7H13NO. The number of methoxy groups -OCH3 is 1. The Morgan fingerprint density at radius 2 is 2.00 bits per heavy atom. The number of nitrogens with zero attached hydrogens (tertiary/aromatic N) is 1. The highest BCUT2D eigenvalue weighted by Crippen LogP contribution is 2.12. The van der Waals surface area contributed by atoms with E-state index in [-0.39, 0.29) is 0 Å². The van der Waals surface area contributed by atoms with Crippen LogP contribution in [-0.4, -0.2) is 25.1 Å². The van der Waals surface area contributed by atoms with Gasteiger partial charge in [-0.25, -0.2) is 0 Å². The zero-order chi connectivity index (χ0) is 6.69. The number of hydrogen-bond acceptors (Lipinski definition) is 2. The van der Waals surface area contributed by atoms with Crippen LogP contribution in [0.1, 0.15) is 12.8 Å². The summed E-state index contributed by atoms with van der Waals surface area (Å²) in [4.78, 5) is 2.17. The van der Waals surface area contributed by atoms with Gasteiger partial charge in [0.25, 0.3) is 0 Å². The summed E-state index contributed by atoms with van der Waals surface area (Å²) < 4.78 is 4.97. The van der Waals surface area contributed by atoms with Crippen LogP contribution in [0.4, 0.5) is 0 Å². The van der Waals surface area contributed by atoms with Gasteiger partial charge in [0, 0.05) is 13.1 Å². The van der Waals surface area contributed by atoms with Crippen molar-refractivity contribution in [2.75, 3.05) is 20.2 Å². The van der Waals surface area contributed by atoms with Crippen molar-refractivity contribution >= 4 is 0 Å². The van der Waals surface area contributed by atoms with Crippen LogP contribution in [-0.2, 0) is 4.74 Å². The third-order valence-corrected chi connectivity index (χ3v) is 1.69. The number of rotatable bonds is 2. The van der Waals surface area contributed by atoms with Crippen LogP contribution >= 0.6 is 0 Å². The molecule has 0 N–H and O–H groups in total. The molecule has 0 aromatic rings. The molecular weight excluding hydrogens is 114 g/mol. The lowest BCUT2D eigenvalue weighted by molar-refractivity contribution is 0.176. The van der Waals surface area contributed by atoms with Crippen LogP contribution in [0.15, 0.2) is 12.5 Å². The van der Waals surface area contributed by atoms with E-state index in [1.165, 1.54) is 12.8 Å². The molecule has 2 heteroatoms. The van der Waals surface area contributed by atoms with Crippen molar-refractivity contribution in [3.05, 3.63) is 12.5 Å². The monoisotopic (exact) mass is 127 g/mol. The average Bonchev–Trinajstić information content (AvgIpc) is 2.37. The topological polar surface area (TPSA) is 12.5 Å². The van der Waals surface area contributed by atoms with Gasteiger partial charge >= 0.3 is 0 Å². The highest BCUT2D eigenvalue weighted by molar-refractivity contribution is 4.85. The first-order valence-electron chi connectivity index (χ1n) is 3.32. The predicted molar refractivity (Wildman–Crippen MR) is 37.0 cm³/mol. The minimum absolute atomic E-state index is 0.812. The Bertz CT molecular complexity index is 105. The van der Waals surface area contributed by atoms with E-state index in [0.717, 1.165) is 19.0 Å². The van der Waals surface area contributed by atoms with Gasteiger partial charge in [-0.1, -0.05) is 0 Å². The van der Waals surface area contributed by atoms with Crippen LogP contribution in [0, 0.1) is 0 Å². The first-order chi connectivity index (χ1) is 4.34. The van der Waals surface area contributed by atoms with E-state index < -0.39 is 0 Å². The second kappa shape index (κ2) is 2.76. The van der Waals surface area contributed by atoms with Crippen LogP contribution < -0.4 is 0 Å². The van der Waals surface area contributed by atoms with Crippen LogP contribution in [0.2, 0.25) is 0 Å². The zero-order valence-corrected chi connectivity index (χ0v) is 5.89. The minimum atomic E-state index is 0.812. The normalized spacial score (nSPS) is 18.1.